The van der Waals surface area contributed by atoms with Gasteiger partial charge < -0.3 is 14.6 Å². The summed E-state index contributed by atoms with van der Waals surface area (Å²) in [5.41, 5.74) is 1.22. The summed E-state index contributed by atoms with van der Waals surface area (Å²) in [6, 6.07) is 10.6. The van der Waals surface area contributed by atoms with Crippen LogP contribution < -0.4 is 5.32 Å². The van der Waals surface area contributed by atoms with E-state index in [9.17, 15) is 0 Å². The van der Waals surface area contributed by atoms with Gasteiger partial charge in [-0.05, 0) is 45.6 Å². The third-order valence-electron chi connectivity index (χ3n) is 4.10. The fourth-order valence-corrected chi connectivity index (χ4v) is 3.09. The van der Waals surface area contributed by atoms with Gasteiger partial charge in [0.1, 0.15) is 0 Å². The Morgan fingerprint density at radius 3 is 2.75 bits per heavy atom. The number of rotatable bonds is 6. The molecule has 0 bridgehead atoms. The van der Waals surface area contributed by atoms with Crippen molar-refractivity contribution >= 4 is 0 Å². The molecule has 5 heteroatoms. The van der Waals surface area contributed by atoms with E-state index in [0.29, 0.717) is 5.89 Å². The highest BCUT2D eigenvalue weighted by Crippen LogP contribution is 2.26. The molecule has 1 saturated heterocycles. The molecule has 0 radical (unpaired) electrons. The van der Waals surface area contributed by atoms with Crippen molar-refractivity contribution in [3.05, 3.63) is 47.6 Å². The maximum absolute atomic E-state index is 6.02. The van der Waals surface area contributed by atoms with Gasteiger partial charge in [0.15, 0.2) is 5.82 Å². The molecule has 1 N–H and O–H groups in total. The minimum Gasteiger partial charge on any atom is -0.371 e. The first-order valence-corrected chi connectivity index (χ1v) is 8.77. The summed E-state index contributed by atoms with van der Waals surface area (Å²) < 4.78 is 11.5. The van der Waals surface area contributed by atoms with Gasteiger partial charge in [-0.1, -0.05) is 35.5 Å². The lowest BCUT2D eigenvalue weighted by molar-refractivity contribution is -0.0512. The molecule has 2 aromatic rings. The van der Waals surface area contributed by atoms with E-state index in [2.05, 4.69) is 60.5 Å². The van der Waals surface area contributed by atoms with Crippen molar-refractivity contribution in [1.29, 1.82) is 0 Å². The zero-order valence-electron chi connectivity index (χ0n) is 14.8. The molecule has 2 atom stereocenters. The van der Waals surface area contributed by atoms with Gasteiger partial charge in [-0.25, -0.2) is 0 Å². The van der Waals surface area contributed by atoms with Crippen molar-refractivity contribution in [3.8, 4) is 0 Å². The molecule has 0 amide bonds. The van der Waals surface area contributed by atoms with Crippen LogP contribution in [0.5, 0.6) is 0 Å². The van der Waals surface area contributed by atoms with Crippen LogP contribution in [0.25, 0.3) is 0 Å². The Labute approximate surface area is 143 Å². The molecule has 130 valence electrons. The van der Waals surface area contributed by atoms with Crippen molar-refractivity contribution in [3.63, 3.8) is 0 Å². The monoisotopic (exact) mass is 329 g/mol. The average molecular weight is 329 g/mol. The quantitative estimate of drug-likeness (QED) is 0.879. The molecule has 5 nitrogen and oxygen atoms in total. The normalized spacial score (nSPS) is 21.3. The van der Waals surface area contributed by atoms with Crippen LogP contribution in [0.4, 0.5) is 0 Å². The number of benzene rings is 1. The van der Waals surface area contributed by atoms with Gasteiger partial charge >= 0.3 is 0 Å². The second-order valence-electron chi connectivity index (χ2n) is 7.44. The third-order valence-corrected chi connectivity index (χ3v) is 4.10. The molecule has 0 aliphatic carbocycles. The van der Waals surface area contributed by atoms with E-state index in [1.165, 1.54) is 5.56 Å². The standard InChI is InChI=1S/C19H27N3O2/c1-19(2,3)23-15-12-16(20-13-15)18-21-17(22-24-18)11-7-10-14-8-5-4-6-9-14/h4-6,8-9,15-16,20H,7,10-13H2,1-3H3/t15-,16+/m1/s1. The minimum atomic E-state index is -0.126. The predicted molar refractivity (Wildman–Crippen MR) is 92.8 cm³/mol. The van der Waals surface area contributed by atoms with Crippen LogP contribution in [-0.4, -0.2) is 28.4 Å². The molecule has 24 heavy (non-hydrogen) atoms. The van der Waals surface area contributed by atoms with E-state index in [0.717, 1.165) is 38.1 Å². The number of hydrogen-bond acceptors (Lipinski definition) is 5. The summed E-state index contributed by atoms with van der Waals surface area (Å²) in [6.45, 7) is 7.07. The molecular weight excluding hydrogens is 302 g/mol. The lowest BCUT2D eigenvalue weighted by Crippen LogP contribution is -2.28. The Balaban J connectivity index is 1.47. The van der Waals surface area contributed by atoms with Crippen molar-refractivity contribution in [2.75, 3.05) is 6.54 Å². The van der Waals surface area contributed by atoms with Gasteiger partial charge in [0.2, 0.25) is 5.89 Å². The van der Waals surface area contributed by atoms with Gasteiger partial charge in [0.25, 0.3) is 0 Å². The highest BCUT2D eigenvalue weighted by atomic mass is 16.5. The van der Waals surface area contributed by atoms with Gasteiger partial charge in [-0.3, -0.25) is 0 Å². The summed E-state index contributed by atoms with van der Waals surface area (Å²) in [7, 11) is 0. The number of aromatic nitrogens is 2. The smallest absolute Gasteiger partial charge is 0.243 e. The number of nitrogens with zero attached hydrogens (tertiary/aromatic N) is 2. The summed E-state index contributed by atoms with van der Waals surface area (Å²) in [5, 5.41) is 7.54. The van der Waals surface area contributed by atoms with Crippen LogP contribution in [0.2, 0.25) is 0 Å². The topological polar surface area (TPSA) is 60.2 Å². The van der Waals surface area contributed by atoms with E-state index in [1.807, 2.05) is 6.07 Å². The van der Waals surface area contributed by atoms with E-state index >= 15 is 0 Å². The Morgan fingerprint density at radius 1 is 1.21 bits per heavy atom. The largest absolute Gasteiger partial charge is 0.371 e. The molecule has 3 rings (SSSR count). The number of hydrogen-bond donors (Lipinski definition) is 1. The number of ether oxygens (including phenoxy) is 1. The SMILES string of the molecule is CC(C)(C)O[C@H]1CN[C@H](c2nc(CCCc3ccccc3)no2)C1. The molecule has 1 fully saturated rings. The van der Waals surface area contributed by atoms with Crippen molar-refractivity contribution in [1.82, 2.24) is 15.5 Å². The molecular formula is C19H27N3O2. The first-order chi connectivity index (χ1) is 11.5. The van der Waals surface area contributed by atoms with Crippen LogP contribution >= 0.6 is 0 Å². The van der Waals surface area contributed by atoms with Gasteiger partial charge in [0, 0.05) is 13.0 Å². The van der Waals surface area contributed by atoms with Crippen LogP contribution in [0.15, 0.2) is 34.9 Å². The molecule has 2 heterocycles. The van der Waals surface area contributed by atoms with Crippen LogP contribution in [0.1, 0.15) is 56.9 Å². The van der Waals surface area contributed by atoms with E-state index in [-0.39, 0.29) is 17.7 Å². The summed E-state index contributed by atoms with van der Waals surface area (Å²) in [6.07, 6.45) is 3.98. The average Bonchev–Trinajstić information content (AvgIpc) is 3.16. The summed E-state index contributed by atoms with van der Waals surface area (Å²) in [4.78, 5) is 4.56. The summed E-state index contributed by atoms with van der Waals surface area (Å²) in [5.74, 6) is 1.48. The lowest BCUT2D eigenvalue weighted by atomic mass is 10.1. The molecule has 0 spiro atoms. The zero-order chi connectivity index (χ0) is 17.0. The molecule has 1 aromatic carbocycles. The first-order valence-electron chi connectivity index (χ1n) is 8.77. The second-order valence-corrected chi connectivity index (χ2v) is 7.44. The van der Waals surface area contributed by atoms with Gasteiger partial charge in [-0.15, -0.1) is 0 Å². The minimum absolute atomic E-state index is 0.104. The Morgan fingerprint density at radius 2 is 2.00 bits per heavy atom. The predicted octanol–water partition coefficient (Wildman–Crippen LogP) is 3.46. The molecule has 1 aliphatic heterocycles. The van der Waals surface area contributed by atoms with Crippen molar-refractivity contribution in [2.24, 2.45) is 0 Å². The van der Waals surface area contributed by atoms with Crippen molar-refractivity contribution in [2.45, 2.75) is 64.2 Å². The Bertz CT molecular complexity index is 634. The molecule has 1 aromatic heterocycles. The Kier molecular flexibility index (Phi) is 5.31. The molecule has 0 saturated carbocycles. The zero-order valence-corrected chi connectivity index (χ0v) is 14.8. The fourth-order valence-electron chi connectivity index (χ4n) is 3.09. The van der Waals surface area contributed by atoms with Crippen LogP contribution in [0, 0.1) is 0 Å². The summed E-state index contributed by atoms with van der Waals surface area (Å²) >= 11 is 0. The van der Waals surface area contributed by atoms with Gasteiger partial charge in [-0.2, -0.15) is 4.98 Å². The fraction of sp³-hybridized carbons (Fsp3) is 0.579. The third kappa shape index (κ3) is 4.89. The van der Waals surface area contributed by atoms with Crippen LogP contribution in [-0.2, 0) is 17.6 Å². The number of nitrogens with one attached hydrogen (secondary N) is 1. The second kappa shape index (κ2) is 7.45. The van der Waals surface area contributed by atoms with Crippen molar-refractivity contribution < 1.29 is 9.26 Å². The lowest BCUT2D eigenvalue weighted by Gasteiger charge is -2.24. The first kappa shape index (κ1) is 17.1. The maximum Gasteiger partial charge on any atom is 0.243 e. The van der Waals surface area contributed by atoms with E-state index < -0.39 is 0 Å². The van der Waals surface area contributed by atoms with Crippen LogP contribution in [0.3, 0.4) is 0 Å². The van der Waals surface area contributed by atoms with E-state index in [1.54, 1.807) is 0 Å². The Hall–Kier alpha value is -1.72. The van der Waals surface area contributed by atoms with Gasteiger partial charge in [0.05, 0.1) is 17.7 Å². The highest BCUT2D eigenvalue weighted by Gasteiger charge is 2.32. The molecule has 0 unspecified atom stereocenters. The molecule has 1 aliphatic rings. The number of aryl methyl sites for hydroxylation is 2. The highest BCUT2D eigenvalue weighted by molar-refractivity contribution is 5.14. The maximum atomic E-state index is 6.02. The van der Waals surface area contributed by atoms with E-state index in [4.69, 9.17) is 9.26 Å².